The number of carbonyl (C=O) groups is 1. The molecule has 1 fully saturated rings. The maximum Gasteiger partial charge on any atom is 0.320 e. The lowest BCUT2D eigenvalue weighted by molar-refractivity contribution is -0.710. The van der Waals surface area contributed by atoms with Gasteiger partial charge in [0.15, 0.2) is 0 Å². The van der Waals surface area contributed by atoms with E-state index < -0.39 is 66.9 Å². The molecule has 0 radical (unpaired) electrons. The van der Waals surface area contributed by atoms with Crippen molar-refractivity contribution < 1.29 is 81.8 Å². The van der Waals surface area contributed by atoms with Crippen LogP contribution in [0.1, 0.15) is 16.7 Å². The minimum atomic E-state index is -5.89. The quantitative estimate of drug-likeness (QED) is 0.0810. The predicted octanol–water partition coefficient (Wildman–Crippen LogP) is -2.41. The summed E-state index contributed by atoms with van der Waals surface area (Å²) in [5.74, 6) is -0.779. The van der Waals surface area contributed by atoms with Gasteiger partial charge in [-0.3, -0.25) is 18.9 Å². The Morgan fingerprint density at radius 1 is 0.935 bits per heavy atom. The van der Waals surface area contributed by atoms with Crippen LogP contribution in [0.15, 0.2) is 54.7 Å². The zero-order valence-electron chi connectivity index (χ0n) is 23.4. The van der Waals surface area contributed by atoms with E-state index in [1.807, 2.05) is 12.1 Å². The van der Waals surface area contributed by atoms with E-state index in [1.165, 1.54) is 25.1 Å². The fraction of sp³-hybridized carbons (Fsp3) is 0.360. The van der Waals surface area contributed by atoms with Gasteiger partial charge in [-0.15, -0.1) is 0 Å². The van der Waals surface area contributed by atoms with E-state index in [0.717, 1.165) is 16.5 Å². The first-order valence-corrected chi connectivity index (χ1v) is 16.5. The Balaban J connectivity index is 0.00000185. The summed E-state index contributed by atoms with van der Waals surface area (Å²) < 4.78 is 50.9. The lowest BCUT2D eigenvalue weighted by Gasteiger charge is -2.49. The number of esters is 1. The number of ether oxygens (including phenoxy) is 1. The van der Waals surface area contributed by atoms with E-state index >= 15 is 0 Å². The summed E-state index contributed by atoms with van der Waals surface area (Å²) in [6.45, 7) is 1.31. The molecule has 3 N–H and O–H groups in total. The average Bonchev–Trinajstić information content (AvgIpc) is 2.98. The van der Waals surface area contributed by atoms with Crippen molar-refractivity contribution in [2.24, 2.45) is 0 Å². The fourth-order valence-electron chi connectivity index (χ4n) is 4.49. The van der Waals surface area contributed by atoms with Crippen molar-refractivity contribution >= 4 is 41.2 Å². The minimum absolute atomic E-state index is 0.00402. The Labute approximate surface area is 261 Å². The maximum atomic E-state index is 12.6. The molecule has 21 heteroatoms. The van der Waals surface area contributed by atoms with Crippen molar-refractivity contribution in [2.75, 3.05) is 0 Å². The van der Waals surface area contributed by atoms with Crippen LogP contribution in [0.2, 0.25) is 0 Å². The third kappa shape index (κ3) is 10.4. The van der Waals surface area contributed by atoms with Gasteiger partial charge >= 0.3 is 13.8 Å². The molecule has 0 saturated heterocycles. The number of rotatable bonds is 11. The normalized spacial score (nSPS) is 24.5. The molecule has 4 rings (SSSR count). The molecule has 252 valence electrons. The number of benzene rings is 2. The molecule has 1 aliphatic carbocycles. The largest absolute Gasteiger partial charge is 0.790 e. The van der Waals surface area contributed by atoms with Crippen LogP contribution >= 0.6 is 24.3 Å². The van der Waals surface area contributed by atoms with Crippen molar-refractivity contribution in [1.29, 1.82) is 0 Å². The third-order valence-corrected chi connectivity index (χ3v) is 7.92. The molecule has 3 aromatic rings. The van der Waals surface area contributed by atoms with Crippen molar-refractivity contribution in [1.82, 2.24) is 4.98 Å². The third-order valence-electron chi connectivity index (χ3n) is 6.50. The lowest BCUT2D eigenvalue weighted by atomic mass is 9.85. The van der Waals surface area contributed by atoms with E-state index in [1.54, 1.807) is 24.4 Å². The summed E-state index contributed by atoms with van der Waals surface area (Å²) in [5, 5.41) is 42.4. The molecule has 1 aliphatic rings. The van der Waals surface area contributed by atoms with Crippen LogP contribution < -0.4 is 29.4 Å². The van der Waals surface area contributed by atoms with E-state index in [9.17, 15) is 49.2 Å². The first-order valence-electron chi connectivity index (χ1n) is 12.8. The Morgan fingerprint density at radius 3 is 2.22 bits per heavy atom. The second kappa shape index (κ2) is 16.4. The Hall–Kier alpha value is -2.76. The molecular formula is C25H25NO17P3-5. The van der Waals surface area contributed by atoms with Gasteiger partial charge in [0.1, 0.15) is 49.0 Å². The molecule has 0 amide bonds. The highest BCUT2D eigenvalue weighted by Crippen LogP contribution is 2.46. The number of aliphatic hydroxyl groups is 3. The SMILES string of the molecule is Cc1cc(COC(=O)Cc2ccc3ncccc3c2)ccc1OP(=O)([O-])O[C@@H]1[C@H](O)[C@H](O)[C@@H](O[O-])[C@H](OP(=O)([O-])[O-])[C@H]1O.O=P[O-]. The van der Waals surface area contributed by atoms with Gasteiger partial charge in [-0.2, -0.15) is 0 Å². The standard InChI is InChI=1S/C25H29NO15P2.HO2P/c1-13-9-15(12-37-19(27)11-14-4-6-17-16(10-14)3-2-8-26-17)5-7-18(13)39-43(35,36)41-23-20(28)21(29)24(38-31)25(22(23)30)40-42(32,33)34;1-3-2/h2-10,20-25,28-31H,11-12H2,1H3,(H,35,36)(H2,32,33,34);(H,1,2)/p-5/t20-,21+,22+,23-,24-,25-;/m1./s1. The number of phosphoric acid groups is 2. The summed E-state index contributed by atoms with van der Waals surface area (Å²) in [4.78, 5) is 63.2. The molecule has 1 saturated carbocycles. The average molecular weight is 704 g/mol. The van der Waals surface area contributed by atoms with E-state index in [2.05, 4.69) is 18.9 Å². The van der Waals surface area contributed by atoms with Crippen LogP contribution in [0.3, 0.4) is 0 Å². The van der Waals surface area contributed by atoms with Crippen LogP contribution in [-0.4, -0.2) is 62.9 Å². The molecule has 2 aromatic carbocycles. The highest BCUT2D eigenvalue weighted by atomic mass is 31.2. The van der Waals surface area contributed by atoms with Crippen LogP contribution in [0.25, 0.3) is 10.9 Å². The van der Waals surface area contributed by atoms with Gasteiger partial charge in [0.25, 0.3) is 0 Å². The molecule has 1 heterocycles. The van der Waals surface area contributed by atoms with Crippen LogP contribution in [0.4, 0.5) is 0 Å². The number of aromatic nitrogens is 1. The van der Waals surface area contributed by atoms with E-state index in [0.29, 0.717) is 5.56 Å². The van der Waals surface area contributed by atoms with Gasteiger partial charge < -0.3 is 67.9 Å². The van der Waals surface area contributed by atoms with Gasteiger partial charge in [0.2, 0.25) is 0 Å². The number of aliphatic hydroxyl groups excluding tert-OH is 3. The number of hydrogen-bond donors (Lipinski definition) is 3. The highest BCUT2D eigenvalue weighted by Gasteiger charge is 2.52. The summed E-state index contributed by atoms with van der Waals surface area (Å²) in [6.07, 6.45) is -12.5. The topological polar surface area (TPSA) is 303 Å². The molecule has 1 aromatic heterocycles. The van der Waals surface area contributed by atoms with Crippen molar-refractivity contribution in [3.05, 3.63) is 71.4 Å². The number of aryl methyl sites for hydroxylation is 1. The molecule has 1 unspecified atom stereocenters. The van der Waals surface area contributed by atoms with Crippen molar-refractivity contribution in [3.8, 4) is 5.75 Å². The Kier molecular flexibility index (Phi) is 13.4. The number of nitrogens with zero attached hydrogens (tertiary/aromatic N) is 1. The highest BCUT2D eigenvalue weighted by molar-refractivity contribution is 7.46. The smallest absolute Gasteiger partial charge is 0.320 e. The van der Waals surface area contributed by atoms with Gasteiger partial charge in [-0.25, -0.2) is 0 Å². The summed E-state index contributed by atoms with van der Waals surface area (Å²) in [5.41, 5.74) is 2.22. The molecule has 7 atom stereocenters. The number of fused-ring (bicyclic) bond motifs is 1. The monoisotopic (exact) mass is 704 g/mol. The summed E-state index contributed by atoms with van der Waals surface area (Å²) >= 11 is 0. The van der Waals surface area contributed by atoms with Gasteiger partial charge in [0, 0.05) is 11.6 Å². The van der Waals surface area contributed by atoms with Gasteiger partial charge in [0.05, 0.1) is 28.4 Å². The van der Waals surface area contributed by atoms with E-state index in [-0.39, 0.29) is 24.3 Å². The summed E-state index contributed by atoms with van der Waals surface area (Å²) in [7, 11) is -12.5. The number of phosphoric ester groups is 2. The molecular weight excluding hydrogens is 679 g/mol. The van der Waals surface area contributed by atoms with Crippen LogP contribution in [0.5, 0.6) is 5.75 Å². The van der Waals surface area contributed by atoms with Gasteiger partial charge in [-0.1, -0.05) is 18.2 Å². The van der Waals surface area contributed by atoms with Crippen LogP contribution in [0, 0.1) is 6.92 Å². The molecule has 46 heavy (non-hydrogen) atoms. The van der Waals surface area contributed by atoms with Gasteiger partial charge in [-0.05, 0) is 53.9 Å². The van der Waals surface area contributed by atoms with Crippen LogP contribution in [-0.2, 0) is 50.2 Å². The lowest BCUT2D eigenvalue weighted by Crippen LogP contribution is -2.66. The predicted molar refractivity (Wildman–Crippen MR) is 143 cm³/mol. The zero-order valence-corrected chi connectivity index (χ0v) is 26.1. The second-order valence-electron chi connectivity index (χ2n) is 9.70. The summed E-state index contributed by atoms with van der Waals surface area (Å²) in [6, 6.07) is 13.1. The molecule has 0 aliphatic heterocycles. The number of hydrogen-bond acceptors (Lipinski definition) is 18. The number of pyridine rings is 1. The first-order chi connectivity index (χ1) is 21.6. The molecule has 18 nitrogen and oxygen atoms in total. The van der Waals surface area contributed by atoms with E-state index in [4.69, 9.17) is 18.7 Å². The number of carbonyl (C=O) groups excluding carboxylic acids is 1. The minimum Gasteiger partial charge on any atom is -0.790 e. The fourth-order valence-corrected chi connectivity index (χ4v) is 6.06. The maximum absolute atomic E-state index is 12.6. The molecule has 0 bridgehead atoms. The van der Waals surface area contributed by atoms with Crippen molar-refractivity contribution in [2.45, 2.75) is 56.6 Å². The Morgan fingerprint density at radius 2 is 1.59 bits per heavy atom. The second-order valence-corrected chi connectivity index (χ2v) is 12.2. The zero-order chi connectivity index (χ0) is 34.2. The first kappa shape index (κ1) is 37.7. The Bertz CT molecular complexity index is 1600. The van der Waals surface area contributed by atoms with Crippen molar-refractivity contribution in [3.63, 3.8) is 0 Å². The molecule has 0 spiro atoms.